The molecular weight excluding hydrogens is 631 g/mol. The highest BCUT2D eigenvalue weighted by molar-refractivity contribution is 5.75. The van der Waals surface area contributed by atoms with Crippen molar-refractivity contribution in [3.05, 3.63) is 171 Å². The topological polar surface area (TPSA) is 48.0 Å². The van der Waals surface area contributed by atoms with Crippen molar-refractivity contribution < 1.29 is 19.0 Å². The van der Waals surface area contributed by atoms with Gasteiger partial charge in [0.2, 0.25) is 0 Å². The Labute approximate surface area is 304 Å². The van der Waals surface area contributed by atoms with Gasteiger partial charge in [-0.25, -0.2) is 4.79 Å². The van der Waals surface area contributed by atoms with Crippen LogP contribution in [0.1, 0.15) is 63.0 Å². The number of rotatable bonds is 16. The molecule has 264 valence electrons. The average molecular weight is 682 g/mol. The highest BCUT2D eigenvalue weighted by Gasteiger charge is 2.28. The monoisotopic (exact) mass is 681 g/mol. The van der Waals surface area contributed by atoms with E-state index in [1.54, 1.807) is 6.92 Å². The molecule has 0 bridgehead atoms. The lowest BCUT2D eigenvalue weighted by molar-refractivity contribution is -0.154. The Bertz CT molecular complexity index is 1840. The summed E-state index contributed by atoms with van der Waals surface area (Å²) >= 11 is 0. The number of hydrogen-bond donors (Lipinski definition) is 0. The van der Waals surface area contributed by atoms with Crippen LogP contribution in [0.5, 0.6) is 5.75 Å². The molecule has 5 nitrogen and oxygen atoms in total. The van der Waals surface area contributed by atoms with E-state index in [9.17, 15) is 4.79 Å². The number of carbonyl (C=O) groups is 1. The van der Waals surface area contributed by atoms with Gasteiger partial charge >= 0.3 is 5.97 Å². The zero-order chi connectivity index (χ0) is 35.4. The first-order valence-electron chi connectivity index (χ1n) is 18.4. The van der Waals surface area contributed by atoms with Crippen molar-refractivity contribution in [1.29, 1.82) is 0 Å². The number of methoxy groups -OCH3 is 1. The largest absolute Gasteiger partial charge is 0.492 e. The number of nitrogens with zero attached hydrogens (tertiary/aromatic N) is 1. The van der Waals surface area contributed by atoms with Crippen LogP contribution in [0.4, 0.5) is 0 Å². The summed E-state index contributed by atoms with van der Waals surface area (Å²) in [5.41, 5.74) is 12.4. The molecule has 0 fully saturated rings. The molecule has 1 aliphatic carbocycles. The van der Waals surface area contributed by atoms with Crippen molar-refractivity contribution >= 4 is 5.97 Å². The number of aryl methyl sites for hydroxylation is 5. The number of benzene rings is 5. The second-order valence-corrected chi connectivity index (χ2v) is 13.5. The van der Waals surface area contributed by atoms with Gasteiger partial charge in [-0.05, 0) is 115 Å². The second kappa shape index (κ2) is 18.0. The molecule has 5 heteroatoms. The molecule has 0 saturated heterocycles. The predicted octanol–water partition coefficient (Wildman–Crippen LogP) is 8.58. The molecule has 0 aliphatic heterocycles. The van der Waals surface area contributed by atoms with Gasteiger partial charge in [-0.15, -0.1) is 0 Å². The normalized spacial score (nSPS) is 14.3. The molecule has 5 aromatic carbocycles. The van der Waals surface area contributed by atoms with Crippen LogP contribution in [-0.2, 0) is 59.2 Å². The molecule has 0 heterocycles. The summed E-state index contributed by atoms with van der Waals surface area (Å²) in [6.07, 6.45) is 6.08. The molecule has 0 saturated carbocycles. The Morgan fingerprint density at radius 2 is 1.39 bits per heavy atom. The maximum atomic E-state index is 12.2. The van der Waals surface area contributed by atoms with Crippen LogP contribution in [0, 0.1) is 0 Å². The minimum absolute atomic E-state index is 0.136. The van der Waals surface area contributed by atoms with E-state index in [1.807, 2.05) is 24.3 Å². The minimum Gasteiger partial charge on any atom is -0.492 e. The van der Waals surface area contributed by atoms with Crippen molar-refractivity contribution in [3.8, 4) is 5.75 Å². The van der Waals surface area contributed by atoms with Crippen molar-refractivity contribution in [1.82, 2.24) is 4.90 Å². The Kier molecular flexibility index (Phi) is 12.7. The smallest absolute Gasteiger partial charge is 0.335 e. The molecule has 6 rings (SSSR count). The van der Waals surface area contributed by atoms with Gasteiger partial charge in [0.15, 0.2) is 6.10 Å². The summed E-state index contributed by atoms with van der Waals surface area (Å²) in [5, 5.41) is 0. The number of ether oxygens (including phenoxy) is 3. The lowest BCUT2D eigenvalue weighted by atomic mass is 9.89. The fourth-order valence-electron chi connectivity index (χ4n) is 7.38. The van der Waals surface area contributed by atoms with Crippen LogP contribution >= 0.6 is 0 Å². The van der Waals surface area contributed by atoms with Crippen LogP contribution in [0.15, 0.2) is 121 Å². The molecule has 1 aliphatic rings. The van der Waals surface area contributed by atoms with Crippen LogP contribution in [0.2, 0.25) is 0 Å². The van der Waals surface area contributed by atoms with E-state index in [2.05, 4.69) is 109 Å². The van der Waals surface area contributed by atoms with E-state index in [4.69, 9.17) is 14.2 Å². The summed E-state index contributed by atoms with van der Waals surface area (Å²) in [6.45, 7) is 3.46. The van der Waals surface area contributed by atoms with E-state index in [-0.39, 0.29) is 12.0 Å². The minimum atomic E-state index is -0.616. The standard InChI is InChI=1S/C46H51NO4/c1-4-50-46(48)44(49-3)33-37-21-26-40(27-22-37)51-31-30-47(2)45-42-28-23-36(19-18-34-12-7-5-8-13-34)32-39(42)25-29-41-38(16-11-17-43(41)45)24-20-35-14-9-6-10-15-35/h5-17,21-23,26-28,32,44-45H,4,18-20,24-25,29-31,33H2,1-3H3. The van der Waals surface area contributed by atoms with Crippen LogP contribution in [0.25, 0.3) is 0 Å². The highest BCUT2D eigenvalue weighted by atomic mass is 16.6. The van der Waals surface area contributed by atoms with Gasteiger partial charge < -0.3 is 14.2 Å². The Balaban J connectivity index is 1.19. The molecule has 0 aromatic heterocycles. The maximum Gasteiger partial charge on any atom is 0.335 e. The van der Waals surface area contributed by atoms with Crippen molar-refractivity contribution in [2.24, 2.45) is 0 Å². The first-order chi connectivity index (χ1) is 25.0. The van der Waals surface area contributed by atoms with Gasteiger partial charge in [-0.3, -0.25) is 4.90 Å². The molecule has 0 radical (unpaired) electrons. The summed E-state index contributed by atoms with van der Waals surface area (Å²) in [6, 6.07) is 43.9. The first-order valence-corrected chi connectivity index (χ1v) is 18.4. The molecular formula is C46H51NO4. The van der Waals surface area contributed by atoms with E-state index in [0.29, 0.717) is 19.6 Å². The highest BCUT2D eigenvalue weighted by Crippen LogP contribution is 2.38. The van der Waals surface area contributed by atoms with Crippen molar-refractivity contribution in [2.45, 2.75) is 64.0 Å². The lowest BCUT2D eigenvalue weighted by Gasteiger charge is -2.31. The average Bonchev–Trinajstić information content (AvgIpc) is 3.33. The Hall–Kier alpha value is -4.71. The van der Waals surface area contributed by atoms with Gasteiger partial charge in [0, 0.05) is 20.1 Å². The Morgan fingerprint density at radius 1 is 0.725 bits per heavy atom. The van der Waals surface area contributed by atoms with Crippen LogP contribution < -0.4 is 4.74 Å². The van der Waals surface area contributed by atoms with Gasteiger partial charge in [-0.1, -0.05) is 109 Å². The van der Waals surface area contributed by atoms with E-state index < -0.39 is 6.10 Å². The van der Waals surface area contributed by atoms with Crippen molar-refractivity contribution in [2.75, 3.05) is 33.9 Å². The number of fused-ring (bicyclic) bond motifs is 2. The summed E-state index contributed by atoms with van der Waals surface area (Å²) in [7, 11) is 3.77. The molecule has 5 aromatic rings. The number of esters is 1. The second-order valence-electron chi connectivity index (χ2n) is 13.5. The fraction of sp³-hybridized carbons (Fsp3) is 0.326. The molecule has 0 spiro atoms. The maximum absolute atomic E-state index is 12.2. The van der Waals surface area contributed by atoms with Gasteiger partial charge in [-0.2, -0.15) is 0 Å². The molecule has 0 N–H and O–H groups in total. The van der Waals surface area contributed by atoms with Gasteiger partial charge in [0.1, 0.15) is 12.4 Å². The Morgan fingerprint density at radius 3 is 2.08 bits per heavy atom. The van der Waals surface area contributed by atoms with Gasteiger partial charge in [0.25, 0.3) is 0 Å². The van der Waals surface area contributed by atoms with E-state index in [0.717, 1.165) is 56.4 Å². The number of carbonyl (C=O) groups excluding carboxylic acids is 1. The van der Waals surface area contributed by atoms with Crippen LogP contribution in [-0.4, -0.2) is 50.9 Å². The van der Waals surface area contributed by atoms with E-state index >= 15 is 0 Å². The lowest BCUT2D eigenvalue weighted by Crippen LogP contribution is -2.30. The zero-order valence-corrected chi connectivity index (χ0v) is 30.4. The molecule has 2 unspecified atom stereocenters. The number of likely N-dealkylation sites (N-methyl/N-ethyl adjacent to an activating group) is 1. The fourth-order valence-corrected chi connectivity index (χ4v) is 7.38. The van der Waals surface area contributed by atoms with Gasteiger partial charge in [0.05, 0.1) is 12.6 Å². The SMILES string of the molecule is CCOC(=O)C(Cc1ccc(OCCN(C)C2c3ccc(CCc4ccccc4)cc3CCc3c(CCc4ccccc4)cccc32)cc1)OC. The van der Waals surface area contributed by atoms with Crippen molar-refractivity contribution in [3.63, 3.8) is 0 Å². The third-order valence-corrected chi connectivity index (χ3v) is 10.2. The first kappa shape index (κ1) is 36.1. The molecule has 0 amide bonds. The summed E-state index contributed by atoms with van der Waals surface area (Å²) in [5.74, 6) is 0.474. The number of hydrogen-bond acceptors (Lipinski definition) is 5. The van der Waals surface area contributed by atoms with Crippen LogP contribution in [0.3, 0.4) is 0 Å². The third kappa shape index (κ3) is 9.55. The van der Waals surface area contributed by atoms with E-state index in [1.165, 1.54) is 51.6 Å². The quantitative estimate of drug-likeness (QED) is 0.0977. The molecule has 2 atom stereocenters. The molecule has 51 heavy (non-hydrogen) atoms. The zero-order valence-electron chi connectivity index (χ0n) is 30.4. The summed E-state index contributed by atoms with van der Waals surface area (Å²) < 4.78 is 16.8. The predicted molar refractivity (Wildman–Crippen MR) is 206 cm³/mol. The third-order valence-electron chi connectivity index (χ3n) is 10.2. The summed E-state index contributed by atoms with van der Waals surface area (Å²) in [4.78, 5) is 14.7.